The van der Waals surface area contributed by atoms with Crippen molar-refractivity contribution < 1.29 is 10.2 Å². The second-order valence-corrected chi connectivity index (χ2v) is 15.4. The predicted octanol–water partition coefficient (Wildman–Crippen LogP) is 10.2. The maximum atomic E-state index is 10.5. The SMILES string of the molecule is CCCCCCCC(O)CCC(SSC(CCC(O)CCCCCCC)C(C)(C)C)C(C)(C)C. The lowest BCUT2D eigenvalue weighted by molar-refractivity contribution is 0.143. The second-order valence-electron chi connectivity index (χ2n) is 12.8. The molecule has 0 heterocycles. The minimum Gasteiger partial charge on any atom is -0.393 e. The molecule has 2 N–H and O–H groups in total. The van der Waals surface area contributed by atoms with Gasteiger partial charge in [-0.25, -0.2) is 0 Å². The van der Waals surface area contributed by atoms with Crippen molar-refractivity contribution in [3.8, 4) is 0 Å². The van der Waals surface area contributed by atoms with Crippen LogP contribution in [0.15, 0.2) is 0 Å². The Morgan fingerprint density at radius 1 is 0.471 bits per heavy atom. The fraction of sp³-hybridized carbons (Fsp3) is 1.00. The van der Waals surface area contributed by atoms with Crippen LogP contribution < -0.4 is 0 Å². The molecule has 0 aliphatic heterocycles. The normalized spacial score (nSPS) is 16.4. The van der Waals surface area contributed by atoms with Crippen LogP contribution in [0, 0.1) is 10.8 Å². The lowest BCUT2D eigenvalue weighted by atomic mass is 9.88. The zero-order chi connectivity index (χ0) is 26.0. The Bertz CT molecular complexity index is 414. The molecule has 4 atom stereocenters. The van der Waals surface area contributed by atoms with Crippen LogP contribution in [0.2, 0.25) is 0 Å². The molecule has 0 aromatic heterocycles. The van der Waals surface area contributed by atoms with E-state index in [2.05, 4.69) is 55.4 Å². The lowest BCUT2D eigenvalue weighted by Crippen LogP contribution is -2.27. The van der Waals surface area contributed by atoms with Crippen LogP contribution in [0.4, 0.5) is 0 Å². The van der Waals surface area contributed by atoms with E-state index in [0.717, 1.165) is 51.4 Å². The number of hydrogen-bond donors (Lipinski definition) is 2. The van der Waals surface area contributed by atoms with Gasteiger partial charge in [-0.2, -0.15) is 0 Å². The molecule has 0 saturated heterocycles. The molecule has 0 bridgehead atoms. The highest BCUT2D eigenvalue weighted by Gasteiger charge is 2.31. The van der Waals surface area contributed by atoms with Crippen molar-refractivity contribution >= 4 is 21.6 Å². The third-order valence-electron chi connectivity index (χ3n) is 7.03. The van der Waals surface area contributed by atoms with E-state index >= 15 is 0 Å². The first-order valence-corrected chi connectivity index (χ1v) is 16.9. The maximum Gasteiger partial charge on any atom is 0.0540 e. The van der Waals surface area contributed by atoms with Gasteiger partial charge < -0.3 is 10.2 Å². The van der Waals surface area contributed by atoms with Crippen LogP contribution >= 0.6 is 21.6 Å². The third kappa shape index (κ3) is 18.8. The van der Waals surface area contributed by atoms with E-state index in [1.54, 1.807) is 0 Å². The van der Waals surface area contributed by atoms with E-state index in [9.17, 15) is 10.2 Å². The van der Waals surface area contributed by atoms with Crippen molar-refractivity contribution in [3.63, 3.8) is 0 Å². The van der Waals surface area contributed by atoms with Crippen LogP contribution in [-0.2, 0) is 0 Å². The van der Waals surface area contributed by atoms with Crippen LogP contribution in [0.1, 0.15) is 158 Å². The Labute approximate surface area is 223 Å². The molecule has 34 heavy (non-hydrogen) atoms. The molecule has 0 aliphatic carbocycles. The zero-order valence-corrected chi connectivity index (χ0v) is 26.0. The molecule has 0 spiro atoms. The summed E-state index contributed by atoms with van der Waals surface area (Å²) in [7, 11) is 4.09. The Hall–Kier alpha value is 0.620. The van der Waals surface area contributed by atoms with Gasteiger partial charge in [0.25, 0.3) is 0 Å². The summed E-state index contributed by atoms with van der Waals surface area (Å²) in [6.07, 6.45) is 18.3. The molecule has 0 aliphatic rings. The van der Waals surface area contributed by atoms with E-state index in [1.807, 2.05) is 21.6 Å². The van der Waals surface area contributed by atoms with Crippen molar-refractivity contribution in [2.75, 3.05) is 0 Å². The summed E-state index contributed by atoms with van der Waals surface area (Å²) in [4.78, 5) is 0. The molecule has 4 unspecified atom stereocenters. The van der Waals surface area contributed by atoms with Crippen LogP contribution in [0.5, 0.6) is 0 Å². The largest absolute Gasteiger partial charge is 0.393 e. The Balaban J connectivity index is 4.57. The number of aliphatic hydroxyl groups is 2. The van der Waals surface area contributed by atoms with Gasteiger partial charge in [0.05, 0.1) is 12.2 Å². The highest BCUT2D eigenvalue weighted by molar-refractivity contribution is 8.77. The predicted molar refractivity (Wildman–Crippen MR) is 159 cm³/mol. The highest BCUT2D eigenvalue weighted by atomic mass is 33.1. The minimum atomic E-state index is -0.150. The van der Waals surface area contributed by atoms with Gasteiger partial charge in [-0.05, 0) is 49.4 Å². The van der Waals surface area contributed by atoms with Crippen molar-refractivity contribution in [1.82, 2.24) is 0 Å². The van der Waals surface area contributed by atoms with Gasteiger partial charge in [-0.1, -0.05) is 141 Å². The summed E-state index contributed by atoms with van der Waals surface area (Å²) in [5, 5.41) is 22.2. The zero-order valence-electron chi connectivity index (χ0n) is 24.3. The quantitative estimate of drug-likeness (QED) is 0.117. The van der Waals surface area contributed by atoms with E-state index in [4.69, 9.17) is 0 Å². The van der Waals surface area contributed by atoms with Gasteiger partial charge in [0.1, 0.15) is 0 Å². The first-order valence-electron chi connectivity index (χ1n) is 14.6. The van der Waals surface area contributed by atoms with Crippen LogP contribution in [0.25, 0.3) is 0 Å². The van der Waals surface area contributed by atoms with Crippen molar-refractivity contribution in [3.05, 3.63) is 0 Å². The molecular formula is C30H62O2S2. The summed E-state index contributed by atoms with van der Waals surface area (Å²) < 4.78 is 0. The standard InChI is InChI=1S/C30H62O2S2/c1-9-11-13-15-17-19-25(31)21-23-27(29(3,4)5)33-34-28(30(6,7)8)24-22-26(32)20-18-16-14-12-10-2/h25-28,31-32H,9-24H2,1-8H3. The molecule has 0 saturated carbocycles. The van der Waals surface area contributed by atoms with E-state index in [-0.39, 0.29) is 23.0 Å². The molecule has 206 valence electrons. The summed E-state index contributed by atoms with van der Waals surface area (Å²) in [6.45, 7) is 18.6. The Morgan fingerprint density at radius 2 is 0.794 bits per heavy atom. The average Bonchev–Trinajstić information content (AvgIpc) is 2.73. The van der Waals surface area contributed by atoms with Gasteiger partial charge in [0.15, 0.2) is 0 Å². The van der Waals surface area contributed by atoms with Gasteiger partial charge >= 0.3 is 0 Å². The van der Waals surface area contributed by atoms with Crippen LogP contribution in [-0.4, -0.2) is 32.9 Å². The van der Waals surface area contributed by atoms with Gasteiger partial charge in [0.2, 0.25) is 0 Å². The number of aliphatic hydroxyl groups excluding tert-OH is 2. The molecule has 0 amide bonds. The minimum absolute atomic E-state index is 0.150. The first kappa shape index (κ1) is 34.6. The van der Waals surface area contributed by atoms with E-state index < -0.39 is 0 Å². The maximum absolute atomic E-state index is 10.5. The number of unbranched alkanes of at least 4 members (excludes halogenated alkanes) is 8. The van der Waals surface area contributed by atoms with Crippen molar-refractivity contribution in [2.45, 2.75) is 181 Å². The molecule has 0 fully saturated rings. The second kappa shape index (κ2) is 19.7. The molecule has 0 rings (SSSR count). The summed E-state index contributed by atoms with van der Waals surface area (Å²) in [6, 6.07) is 0. The Kier molecular flexibility index (Phi) is 20.1. The lowest BCUT2D eigenvalue weighted by Gasteiger charge is -2.35. The summed E-state index contributed by atoms with van der Waals surface area (Å²) in [5.41, 5.74) is 0.442. The molecule has 0 aromatic rings. The molecular weight excluding hydrogens is 456 g/mol. The van der Waals surface area contributed by atoms with E-state index in [0.29, 0.717) is 10.5 Å². The van der Waals surface area contributed by atoms with Gasteiger partial charge in [0, 0.05) is 10.5 Å². The summed E-state index contributed by atoms with van der Waals surface area (Å²) in [5.74, 6) is 0. The molecule has 2 nitrogen and oxygen atoms in total. The van der Waals surface area contributed by atoms with Gasteiger partial charge in [-0.15, -0.1) is 0 Å². The smallest absolute Gasteiger partial charge is 0.0540 e. The number of rotatable bonds is 21. The Morgan fingerprint density at radius 3 is 1.09 bits per heavy atom. The monoisotopic (exact) mass is 518 g/mol. The van der Waals surface area contributed by atoms with Crippen LogP contribution in [0.3, 0.4) is 0 Å². The van der Waals surface area contributed by atoms with E-state index in [1.165, 1.54) is 51.4 Å². The van der Waals surface area contributed by atoms with Crippen molar-refractivity contribution in [2.24, 2.45) is 10.8 Å². The molecule has 4 heteroatoms. The van der Waals surface area contributed by atoms with Crippen molar-refractivity contribution in [1.29, 1.82) is 0 Å². The highest BCUT2D eigenvalue weighted by Crippen LogP contribution is 2.47. The first-order chi connectivity index (χ1) is 15.9. The average molecular weight is 519 g/mol. The summed E-state index contributed by atoms with van der Waals surface area (Å²) >= 11 is 0. The number of hydrogen-bond acceptors (Lipinski definition) is 4. The molecule has 0 radical (unpaired) electrons. The van der Waals surface area contributed by atoms with Gasteiger partial charge in [-0.3, -0.25) is 0 Å². The third-order valence-corrected chi connectivity index (χ3v) is 11.2. The fourth-order valence-electron chi connectivity index (χ4n) is 4.33. The fourth-order valence-corrected chi connectivity index (χ4v) is 8.75. The topological polar surface area (TPSA) is 40.5 Å². The molecule has 0 aromatic carbocycles.